The summed E-state index contributed by atoms with van der Waals surface area (Å²) in [4.78, 5) is 19.1. The summed E-state index contributed by atoms with van der Waals surface area (Å²) in [5, 5.41) is 4.30. The Morgan fingerprint density at radius 1 is 1.53 bits per heavy atom. The predicted molar refractivity (Wildman–Crippen MR) is 66.3 cm³/mol. The first-order valence-electron chi connectivity index (χ1n) is 5.68. The molecule has 0 aliphatic carbocycles. The number of esters is 1. The summed E-state index contributed by atoms with van der Waals surface area (Å²) in [7, 11) is 1.39. The van der Waals surface area contributed by atoms with E-state index in [0.717, 1.165) is 42.6 Å². The molecule has 5 nitrogen and oxygen atoms in total. The van der Waals surface area contributed by atoms with Gasteiger partial charge in [0.2, 0.25) is 0 Å². The van der Waals surface area contributed by atoms with Crippen molar-refractivity contribution in [2.24, 2.45) is 0 Å². The van der Waals surface area contributed by atoms with Crippen LogP contribution in [0.3, 0.4) is 0 Å². The van der Waals surface area contributed by atoms with E-state index in [1.165, 1.54) is 7.11 Å². The fraction of sp³-hybridized carbons (Fsp3) is 0.636. The molecule has 0 bridgehead atoms. The van der Waals surface area contributed by atoms with Gasteiger partial charge in [-0.15, -0.1) is 11.3 Å². The summed E-state index contributed by atoms with van der Waals surface area (Å²) < 4.78 is 4.70. The molecule has 0 aromatic carbocycles. The van der Waals surface area contributed by atoms with Gasteiger partial charge in [0.25, 0.3) is 0 Å². The molecule has 0 saturated carbocycles. The van der Waals surface area contributed by atoms with Crippen LogP contribution in [-0.4, -0.2) is 49.1 Å². The summed E-state index contributed by atoms with van der Waals surface area (Å²) in [6, 6.07) is 0. The fourth-order valence-electron chi connectivity index (χ4n) is 1.87. The average molecular weight is 255 g/mol. The van der Waals surface area contributed by atoms with Gasteiger partial charge in [-0.1, -0.05) is 0 Å². The first-order valence-corrected chi connectivity index (χ1v) is 6.50. The predicted octanol–water partition coefficient (Wildman–Crippen LogP) is 0.643. The van der Waals surface area contributed by atoms with Gasteiger partial charge in [-0.2, -0.15) is 0 Å². The second-order valence-corrected chi connectivity index (χ2v) is 5.32. The van der Waals surface area contributed by atoms with E-state index >= 15 is 0 Å². The van der Waals surface area contributed by atoms with Crippen molar-refractivity contribution in [3.63, 3.8) is 0 Å². The van der Waals surface area contributed by atoms with Crippen LogP contribution in [0.1, 0.15) is 20.4 Å². The molecule has 0 spiro atoms. The van der Waals surface area contributed by atoms with Gasteiger partial charge in [-0.05, 0) is 6.92 Å². The van der Waals surface area contributed by atoms with Crippen molar-refractivity contribution in [1.29, 1.82) is 0 Å². The molecule has 2 rings (SSSR count). The van der Waals surface area contributed by atoms with Crippen molar-refractivity contribution in [1.82, 2.24) is 15.2 Å². The Labute approximate surface area is 105 Å². The topological polar surface area (TPSA) is 54.5 Å². The summed E-state index contributed by atoms with van der Waals surface area (Å²) >= 11 is 1.58. The minimum Gasteiger partial charge on any atom is -0.464 e. The number of aromatic nitrogens is 1. The van der Waals surface area contributed by atoms with Gasteiger partial charge in [0, 0.05) is 31.1 Å². The third-order valence-electron chi connectivity index (χ3n) is 2.79. The summed E-state index contributed by atoms with van der Waals surface area (Å²) in [5.74, 6) is -0.342. The number of carbonyl (C=O) groups is 1. The molecule has 6 heteroatoms. The largest absolute Gasteiger partial charge is 0.464 e. The minimum absolute atomic E-state index is 0.342. The van der Waals surface area contributed by atoms with E-state index in [2.05, 4.69) is 15.2 Å². The molecule has 94 valence electrons. The normalized spacial score (nSPS) is 17.1. The highest BCUT2D eigenvalue weighted by atomic mass is 32.1. The van der Waals surface area contributed by atoms with Crippen LogP contribution in [-0.2, 0) is 11.3 Å². The maximum atomic E-state index is 11.4. The van der Waals surface area contributed by atoms with Crippen LogP contribution >= 0.6 is 11.3 Å². The second kappa shape index (κ2) is 5.57. The highest BCUT2D eigenvalue weighted by molar-refractivity contribution is 7.11. The van der Waals surface area contributed by atoms with Crippen molar-refractivity contribution in [2.45, 2.75) is 13.5 Å². The highest BCUT2D eigenvalue weighted by Crippen LogP contribution is 2.19. The van der Waals surface area contributed by atoms with Crippen molar-refractivity contribution < 1.29 is 9.53 Å². The minimum atomic E-state index is -0.342. The van der Waals surface area contributed by atoms with E-state index in [9.17, 15) is 4.79 Å². The maximum Gasteiger partial charge on any atom is 0.357 e. The third-order valence-corrected chi connectivity index (χ3v) is 3.74. The zero-order chi connectivity index (χ0) is 12.3. The number of piperazine rings is 1. The number of hydrogen-bond donors (Lipinski definition) is 1. The van der Waals surface area contributed by atoms with Crippen molar-refractivity contribution in [3.8, 4) is 0 Å². The smallest absolute Gasteiger partial charge is 0.357 e. The van der Waals surface area contributed by atoms with Crippen LogP contribution in [0.4, 0.5) is 0 Å². The highest BCUT2D eigenvalue weighted by Gasteiger charge is 2.18. The zero-order valence-corrected chi connectivity index (χ0v) is 11.0. The van der Waals surface area contributed by atoms with Gasteiger partial charge in [0.05, 0.1) is 13.7 Å². The molecule has 0 atom stereocenters. The Morgan fingerprint density at radius 2 is 2.24 bits per heavy atom. The van der Waals surface area contributed by atoms with Gasteiger partial charge >= 0.3 is 5.97 Å². The number of carbonyl (C=O) groups excluding carboxylic acids is 1. The first kappa shape index (κ1) is 12.5. The quantitative estimate of drug-likeness (QED) is 0.803. The first-order chi connectivity index (χ1) is 8.20. The van der Waals surface area contributed by atoms with Gasteiger partial charge in [-0.25, -0.2) is 9.78 Å². The van der Waals surface area contributed by atoms with Crippen LogP contribution in [0.15, 0.2) is 0 Å². The van der Waals surface area contributed by atoms with Crippen molar-refractivity contribution in [2.75, 3.05) is 33.3 Å². The van der Waals surface area contributed by atoms with E-state index in [-0.39, 0.29) is 5.97 Å². The number of hydrogen-bond acceptors (Lipinski definition) is 6. The van der Waals surface area contributed by atoms with Crippen LogP contribution in [0.2, 0.25) is 0 Å². The Morgan fingerprint density at radius 3 is 2.88 bits per heavy atom. The lowest BCUT2D eigenvalue weighted by atomic mass is 10.3. The number of nitrogens with zero attached hydrogens (tertiary/aromatic N) is 2. The molecule has 1 aromatic rings. The standard InChI is InChI=1S/C11H17N3O2S/c1-8-10(11(15)16-2)13-9(17-8)7-14-5-3-12-4-6-14/h12H,3-7H2,1-2H3. The van der Waals surface area contributed by atoms with Crippen LogP contribution < -0.4 is 5.32 Å². The van der Waals surface area contributed by atoms with Crippen LogP contribution in [0.25, 0.3) is 0 Å². The number of nitrogens with one attached hydrogen (secondary N) is 1. The molecule has 1 aliphatic rings. The van der Waals surface area contributed by atoms with E-state index < -0.39 is 0 Å². The number of thiazole rings is 1. The zero-order valence-electron chi connectivity index (χ0n) is 10.2. The summed E-state index contributed by atoms with van der Waals surface area (Å²) in [6.07, 6.45) is 0. The van der Waals surface area contributed by atoms with Gasteiger partial charge in [0.1, 0.15) is 5.01 Å². The number of ether oxygens (including phenoxy) is 1. The van der Waals surface area contributed by atoms with Crippen molar-refractivity contribution in [3.05, 3.63) is 15.6 Å². The van der Waals surface area contributed by atoms with E-state index in [4.69, 9.17) is 4.74 Å². The Bertz CT molecular complexity index is 399. The number of methoxy groups -OCH3 is 1. The molecule has 0 radical (unpaired) electrons. The SMILES string of the molecule is COC(=O)c1nc(CN2CCNCC2)sc1C. The van der Waals surface area contributed by atoms with Crippen LogP contribution in [0.5, 0.6) is 0 Å². The van der Waals surface area contributed by atoms with Gasteiger partial charge in [-0.3, -0.25) is 4.90 Å². The summed E-state index contributed by atoms with van der Waals surface area (Å²) in [5.41, 5.74) is 0.461. The second-order valence-electron chi connectivity index (χ2n) is 4.03. The number of aryl methyl sites for hydroxylation is 1. The molecule has 1 aliphatic heterocycles. The maximum absolute atomic E-state index is 11.4. The molecule has 1 aromatic heterocycles. The lowest BCUT2D eigenvalue weighted by Gasteiger charge is -2.26. The molecule has 0 unspecified atom stereocenters. The molecule has 1 N–H and O–H groups in total. The molecular weight excluding hydrogens is 238 g/mol. The Kier molecular flexibility index (Phi) is 4.09. The van der Waals surface area contributed by atoms with E-state index in [0.29, 0.717) is 5.69 Å². The Hall–Kier alpha value is -0.980. The van der Waals surface area contributed by atoms with Crippen molar-refractivity contribution >= 4 is 17.3 Å². The monoisotopic (exact) mass is 255 g/mol. The molecule has 1 saturated heterocycles. The molecule has 2 heterocycles. The summed E-state index contributed by atoms with van der Waals surface area (Å²) in [6.45, 7) is 6.84. The van der Waals surface area contributed by atoms with E-state index in [1.54, 1.807) is 11.3 Å². The number of rotatable bonds is 3. The van der Waals surface area contributed by atoms with Gasteiger partial charge < -0.3 is 10.1 Å². The lowest BCUT2D eigenvalue weighted by molar-refractivity contribution is 0.0593. The third kappa shape index (κ3) is 3.02. The molecular formula is C11H17N3O2S. The lowest BCUT2D eigenvalue weighted by Crippen LogP contribution is -2.42. The Balaban J connectivity index is 2.03. The fourth-order valence-corrected chi connectivity index (χ4v) is 2.83. The molecule has 17 heavy (non-hydrogen) atoms. The molecule has 1 fully saturated rings. The van der Waals surface area contributed by atoms with E-state index in [1.807, 2.05) is 6.92 Å². The van der Waals surface area contributed by atoms with Crippen LogP contribution in [0, 0.1) is 6.92 Å². The molecule has 0 amide bonds. The van der Waals surface area contributed by atoms with Gasteiger partial charge in [0.15, 0.2) is 5.69 Å². The average Bonchev–Trinajstić information content (AvgIpc) is 2.70.